The van der Waals surface area contributed by atoms with Crippen LogP contribution in [0.5, 0.6) is 0 Å². The van der Waals surface area contributed by atoms with Gasteiger partial charge in [-0.05, 0) is 18.2 Å². The Bertz CT molecular complexity index is 1070. The van der Waals surface area contributed by atoms with Crippen molar-refractivity contribution in [3.8, 4) is 0 Å². The number of nitro groups is 1. The molecule has 1 aliphatic rings. The second-order valence-corrected chi connectivity index (χ2v) is 6.82. The summed E-state index contributed by atoms with van der Waals surface area (Å²) in [7, 11) is 0. The molecule has 2 heterocycles. The second kappa shape index (κ2) is 7.40. The van der Waals surface area contributed by atoms with Crippen LogP contribution in [0.4, 0.5) is 11.5 Å². The molecule has 9 heteroatoms. The quantitative estimate of drug-likeness (QED) is 0.498. The van der Waals surface area contributed by atoms with Gasteiger partial charge in [-0.3, -0.25) is 19.9 Å². The highest BCUT2D eigenvalue weighted by Gasteiger charge is 2.26. The van der Waals surface area contributed by atoms with E-state index in [1.165, 1.54) is 18.2 Å². The van der Waals surface area contributed by atoms with Crippen molar-refractivity contribution < 1.29 is 9.72 Å². The molecule has 4 rings (SSSR count). The highest BCUT2D eigenvalue weighted by molar-refractivity contribution is 6.33. The normalized spacial score (nSPS) is 14.3. The van der Waals surface area contributed by atoms with Crippen molar-refractivity contribution in [2.45, 2.75) is 0 Å². The summed E-state index contributed by atoms with van der Waals surface area (Å²) in [6.45, 7) is 2.11. The van der Waals surface area contributed by atoms with Crippen molar-refractivity contribution in [3.63, 3.8) is 0 Å². The number of aromatic nitrogens is 2. The average Bonchev–Trinajstić information content (AvgIpc) is 2.73. The molecule has 2 aromatic carbocycles. The molecule has 8 nitrogen and oxygen atoms in total. The number of hydrogen-bond donors (Lipinski definition) is 0. The smallest absolute Gasteiger partial charge is 0.270 e. The number of piperazine rings is 1. The first-order chi connectivity index (χ1) is 13.5. The van der Waals surface area contributed by atoms with Gasteiger partial charge >= 0.3 is 0 Å². The number of carbonyl (C=O) groups excluding carboxylic acids is 1. The molecule has 1 amide bonds. The summed E-state index contributed by atoms with van der Waals surface area (Å²) in [5, 5.41) is 11.2. The summed E-state index contributed by atoms with van der Waals surface area (Å²) in [6, 6.07) is 11.6. The molecule has 3 aromatic rings. The number of non-ortho nitro benzene ring substituents is 1. The maximum Gasteiger partial charge on any atom is 0.270 e. The summed E-state index contributed by atoms with van der Waals surface area (Å²) in [5.74, 6) is 0.456. The molecule has 0 aliphatic carbocycles. The van der Waals surface area contributed by atoms with Crippen molar-refractivity contribution in [3.05, 3.63) is 69.4 Å². The molecule has 1 aromatic heterocycles. The number of nitrogens with zero attached hydrogens (tertiary/aromatic N) is 5. The molecule has 1 saturated heterocycles. The zero-order valence-electron chi connectivity index (χ0n) is 14.8. The van der Waals surface area contributed by atoms with Crippen LogP contribution in [0, 0.1) is 10.1 Å². The van der Waals surface area contributed by atoms with Gasteiger partial charge in [0.15, 0.2) is 0 Å². The van der Waals surface area contributed by atoms with Crippen molar-refractivity contribution in [2.24, 2.45) is 0 Å². The summed E-state index contributed by atoms with van der Waals surface area (Å²) < 4.78 is 0. The second-order valence-electron chi connectivity index (χ2n) is 6.42. The number of carbonyl (C=O) groups is 1. The number of amides is 1. The molecule has 28 heavy (non-hydrogen) atoms. The number of rotatable bonds is 3. The van der Waals surface area contributed by atoms with Crippen LogP contribution in [-0.2, 0) is 0 Å². The fraction of sp³-hybridized carbons (Fsp3) is 0.211. The van der Waals surface area contributed by atoms with E-state index in [1.807, 2.05) is 24.3 Å². The van der Waals surface area contributed by atoms with Crippen LogP contribution in [0.2, 0.25) is 5.02 Å². The maximum absolute atomic E-state index is 12.8. The third kappa shape index (κ3) is 3.46. The number of hydrogen-bond acceptors (Lipinski definition) is 6. The molecule has 0 N–H and O–H groups in total. The fourth-order valence-corrected chi connectivity index (χ4v) is 3.40. The van der Waals surface area contributed by atoms with E-state index in [0.717, 1.165) is 16.9 Å². The largest absolute Gasteiger partial charge is 0.352 e. The Hall–Kier alpha value is -3.26. The molecule has 1 fully saturated rings. The van der Waals surface area contributed by atoms with Crippen molar-refractivity contribution in [2.75, 3.05) is 31.1 Å². The van der Waals surface area contributed by atoms with Gasteiger partial charge in [-0.2, -0.15) is 0 Å². The zero-order chi connectivity index (χ0) is 19.7. The Morgan fingerprint density at radius 3 is 2.50 bits per heavy atom. The predicted molar refractivity (Wildman–Crippen MR) is 106 cm³/mol. The van der Waals surface area contributed by atoms with Gasteiger partial charge in [-0.1, -0.05) is 23.7 Å². The topological polar surface area (TPSA) is 92.5 Å². The van der Waals surface area contributed by atoms with Crippen LogP contribution in [0.3, 0.4) is 0 Å². The standard InChI is InChI=1S/C19H16ClN5O3/c20-15-6-5-13(25(27)28)11-14(15)19(26)24-9-7-23(8-10-24)18-12-21-16-3-1-2-4-17(16)22-18/h1-6,11-12H,7-10H2. The number of para-hydroxylation sites is 2. The predicted octanol–water partition coefficient (Wildman–Crippen LogP) is 3.15. The number of nitro benzene ring substituents is 1. The SMILES string of the molecule is O=C(c1cc([N+](=O)[O-])ccc1Cl)N1CCN(c2cnc3ccccc3n2)CC1. The van der Waals surface area contributed by atoms with Gasteiger partial charge in [0.2, 0.25) is 0 Å². The molecule has 142 valence electrons. The third-order valence-electron chi connectivity index (χ3n) is 4.72. The lowest BCUT2D eigenvalue weighted by Gasteiger charge is -2.35. The van der Waals surface area contributed by atoms with Gasteiger partial charge in [0.25, 0.3) is 11.6 Å². The van der Waals surface area contributed by atoms with Gasteiger partial charge in [-0.15, -0.1) is 0 Å². The van der Waals surface area contributed by atoms with Gasteiger partial charge in [0, 0.05) is 38.3 Å². The molecular weight excluding hydrogens is 382 g/mol. The summed E-state index contributed by atoms with van der Waals surface area (Å²) >= 11 is 6.10. The summed E-state index contributed by atoms with van der Waals surface area (Å²) in [6.07, 6.45) is 1.73. The monoisotopic (exact) mass is 397 g/mol. The Morgan fingerprint density at radius 2 is 1.79 bits per heavy atom. The van der Waals surface area contributed by atoms with Crippen molar-refractivity contribution in [1.29, 1.82) is 0 Å². The van der Waals surface area contributed by atoms with Crippen LogP contribution >= 0.6 is 11.6 Å². The van der Waals surface area contributed by atoms with Gasteiger partial charge in [0.1, 0.15) is 5.82 Å². The van der Waals surface area contributed by atoms with E-state index in [9.17, 15) is 14.9 Å². The van der Waals surface area contributed by atoms with E-state index in [0.29, 0.717) is 26.2 Å². The first kappa shape index (κ1) is 18.1. The highest BCUT2D eigenvalue weighted by atomic mass is 35.5. The molecule has 0 saturated carbocycles. The van der Waals surface area contributed by atoms with E-state index in [2.05, 4.69) is 14.9 Å². The molecule has 1 aliphatic heterocycles. The van der Waals surface area contributed by atoms with Crippen LogP contribution in [0.15, 0.2) is 48.7 Å². The van der Waals surface area contributed by atoms with Gasteiger partial charge < -0.3 is 9.80 Å². The minimum absolute atomic E-state index is 0.148. The number of halogens is 1. The average molecular weight is 398 g/mol. The Morgan fingerprint density at radius 1 is 1.07 bits per heavy atom. The van der Waals surface area contributed by atoms with Crippen molar-refractivity contribution >= 4 is 40.0 Å². The minimum Gasteiger partial charge on any atom is -0.352 e. The first-order valence-corrected chi connectivity index (χ1v) is 9.11. The number of benzene rings is 2. The molecular formula is C19H16ClN5O3. The number of anilines is 1. The third-order valence-corrected chi connectivity index (χ3v) is 5.05. The highest BCUT2D eigenvalue weighted by Crippen LogP contribution is 2.24. The maximum atomic E-state index is 12.8. The molecule has 0 unspecified atom stereocenters. The zero-order valence-corrected chi connectivity index (χ0v) is 15.5. The van der Waals surface area contributed by atoms with Gasteiger partial charge in [0.05, 0.1) is 32.7 Å². The van der Waals surface area contributed by atoms with Crippen LogP contribution in [0.1, 0.15) is 10.4 Å². The van der Waals surface area contributed by atoms with E-state index in [4.69, 9.17) is 11.6 Å². The van der Waals surface area contributed by atoms with E-state index < -0.39 is 4.92 Å². The summed E-state index contributed by atoms with van der Waals surface area (Å²) in [4.78, 5) is 36.0. The van der Waals surface area contributed by atoms with Crippen LogP contribution in [-0.4, -0.2) is 51.9 Å². The lowest BCUT2D eigenvalue weighted by molar-refractivity contribution is -0.384. The molecule has 0 radical (unpaired) electrons. The van der Waals surface area contributed by atoms with Crippen LogP contribution < -0.4 is 4.90 Å². The fourth-order valence-electron chi connectivity index (χ4n) is 3.20. The Balaban J connectivity index is 1.48. The minimum atomic E-state index is -0.538. The lowest BCUT2D eigenvalue weighted by atomic mass is 10.1. The molecule has 0 atom stereocenters. The first-order valence-electron chi connectivity index (χ1n) is 8.73. The summed E-state index contributed by atoms with van der Waals surface area (Å²) in [5.41, 5.74) is 1.65. The van der Waals surface area contributed by atoms with E-state index in [1.54, 1.807) is 11.1 Å². The Kier molecular flexibility index (Phi) is 4.79. The van der Waals surface area contributed by atoms with E-state index >= 15 is 0 Å². The molecule has 0 spiro atoms. The van der Waals surface area contributed by atoms with Crippen molar-refractivity contribution in [1.82, 2.24) is 14.9 Å². The number of fused-ring (bicyclic) bond motifs is 1. The van der Waals surface area contributed by atoms with Gasteiger partial charge in [-0.25, -0.2) is 4.98 Å². The van der Waals surface area contributed by atoms with Crippen LogP contribution in [0.25, 0.3) is 11.0 Å². The molecule has 0 bridgehead atoms. The lowest BCUT2D eigenvalue weighted by Crippen LogP contribution is -2.49. The Labute approximate surface area is 165 Å². The van der Waals surface area contributed by atoms with E-state index in [-0.39, 0.29) is 22.2 Å².